The van der Waals surface area contributed by atoms with E-state index in [2.05, 4.69) is 16.9 Å². The molecule has 134 valence electrons. The van der Waals surface area contributed by atoms with Crippen molar-refractivity contribution in [3.05, 3.63) is 22.2 Å². The predicted octanol–water partition coefficient (Wildman–Crippen LogP) is -0.421. The first kappa shape index (κ1) is 19.6. The Morgan fingerprint density at radius 2 is 2.04 bits per heavy atom. The van der Waals surface area contributed by atoms with Crippen LogP contribution in [0.15, 0.2) is 16.0 Å². The van der Waals surface area contributed by atoms with E-state index >= 15 is 0 Å². The first-order valence-electron chi connectivity index (χ1n) is 8.10. The Kier molecular flexibility index (Phi) is 7.90. The Morgan fingerprint density at radius 3 is 2.67 bits per heavy atom. The van der Waals surface area contributed by atoms with Gasteiger partial charge < -0.3 is 22.9 Å². The summed E-state index contributed by atoms with van der Waals surface area (Å²) in [6, 6.07) is -0.828. The minimum absolute atomic E-state index is 0.00873. The molecule has 1 rings (SSSR count). The average Bonchev–Trinajstić information content (AvgIpc) is 2.52. The molecular formula is C15H27N7O2. The van der Waals surface area contributed by atoms with Gasteiger partial charge in [-0.3, -0.25) is 9.79 Å². The summed E-state index contributed by atoms with van der Waals surface area (Å²) in [5.41, 5.74) is 22.1. The summed E-state index contributed by atoms with van der Waals surface area (Å²) in [5, 5.41) is 0. The van der Waals surface area contributed by atoms with Crippen molar-refractivity contribution in [3.8, 4) is 0 Å². The number of hydrogen-bond donors (Lipinski definition) is 4. The summed E-state index contributed by atoms with van der Waals surface area (Å²) >= 11 is 0. The molecule has 1 unspecified atom stereocenters. The molecular weight excluding hydrogens is 310 g/mol. The molecule has 0 saturated carbocycles. The van der Waals surface area contributed by atoms with Crippen molar-refractivity contribution >= 4 is 17.7 Å². The van der Waals surface area contributed by atoms with Crippen LogP contribution in [0.5, 0.6) is 0 Å². The van der Waals surface area contributed by atoms with Crippen molar-refractivity contribution in [1.29, 1.82) is 0 Å². The zero-order valence-electron chi connectivity index (χ0n) is 14.1. The molecule has 0 spiro atoms. The standard InChI is InChI=1S/C15H27N7O2/c1-2-3-4-6-10-9-22(15(24)21-12(10)17)13(23)11(16)7-5-8-20-14(18)19/h9,11H,2-8,16H2,1H3,(H2,17,21,24)(H4,18,19,20). The van der Waals surface area contributed by atoms with E-state index < -0.39 is 17.6 Å². The maximum absolute atomic E-state index is 12.4. The van der Waals surface area contributed by atoms with Crippen LogP contribution in [-0.4, -0.2) is 34.0 Å². The molecule has 0 bridgehead atoms. The molecule has 0 saturated heterocycles. The number of anilines is 1. The van der Waals surface area contributed by atoms with E-state index in [1.807, 2.05) is 0 Å². The van der Waals surface area contributed by atoms with Gasteiger partial charge in [-0.2, -0.15) is 4.98 Å². The van der Waals surface area contributed by atoms with Crippen LogP contribution in [0.3, 0.4) is 0 Å². The fourth-order valence-electron chi connectivity index (χ4n) is 2.24. The van der Waals surface area contributed by atoms with Gasteiger partial charge in [-0.1, -0.05) is 19.8 Å². The Balaban J connectivity index is 2.79. The summed E-state index contributed by atoms with van der Waals surface area (Å²) < 4.78 is 0.947. The lowest BCUT2D eigenvalue weighted by Crippen LogP contribution is -2.41. The normalized spacial score (nSPS) is 11.9. The maximum atomic E-state index is 12.4. The third-order valence-electron chi connectivity index (χ3n) is 3.61. The number of carbonyl (C=O) groups is 1. The summed E-state index contributed by atoms with van der Waals surface area (Å²) in [7, 11) is 0. The molecule has 0 aromatic carbocycles. The third kappa shape index (κ3) is 5.99. The second-order valence-electron chi connectivity index (χ2n) is 5.65. The van der Waals surface area contributed by atoms with Crippen LogP contribution < -0.4 is 28.6 Å². The number of nitrogen functional groups attached to an aromatic ring is 1. The summed E-state index contributed by atoms with van der Waals surface area (Å²) in [6.45, 7) is 2.47. The highest BCUT2D eigenvalue weighted by Crippen LogP contribution is 2.11. The van der Waals surface area contributed by atoms with Crippen LogP contribution in [-0.2, 0) is 6.42 Å². The average molecular weight is 337 g/mol. The Labute approximate surface area is 141 Å². The molecule has 0 amide bonds. The van der Waals surface area contributed by atoms with Crippen LogP contribution in [0.4, 0.5) is 5.82 Å². The number of nitrogens with two attached hydrogens (primary N) is 4. The molecule has 1 atom stereocenters. The number of rotatable bonds is 9. The number of hydrogen-bond acceptors (Lipinski definition) is 6. The van der Waals surface area contributed by atoms with Gasteiger partial charge in [0.1, 0.15) is 5.82 Å². The molecule has 1 heterocycles. The zero-order valence-corrected chi connectivity index (χ0v) is 14.1. The van der Waals surface area contributed by atoms with E-state index in [9.17, 15) is 9.59 Å². The molecule has 1 aromatic heterocycles. The minimum Gasteiger partial charge on any atom is -0.383 e. The number of aryl methyl sites for hydroxylation is 1. The molecule has 0 radical (unpaired) electrons. The highest BCUT2D eigenvalue weighted by Gasteiger charge is 2.18. The lowest BCUT2D eigenvalue weighted by Gasteiger charge is -2.13. The molecule has 0 aliphatic heterocycles. The van der Waals surface area contributed by atoms with Gasteiger partial charge >= 0.3 is 5.69 Å². The van der Waals surface area contributed by atoms with Crippen LogP contribution in [0.25, 0.3) is 0 Å². The number of aliphatic imine (C=N–C) groups is 1. The maximum Gasteiger partial charge on any atom is 0.356 e. The van der Waals surface area contributed by atoms with E-state index in [1.54, 1.807) is 0 Å². The highest BCUT2D eigenvalue weighted by atomic mass is 16.2. The topological polar surface area (TPSA) is 168 Å². The number of unbranched alkanes of at least 4 members (excludes halogenated alkanes) is 2. The summed E-state index contributed by atoms with van der Waals surface area (Å²) in [4.78, 5) is 31.8. The van der Waals surface area contributed by atoms with Crippen LogP contribution in [0.1, 0.15) is 49.4 Å². The van der Waals surface area contributed by atoms with Crippen molar-refractivity contribution in [2.75, 3.05) is 12.3 Å². The van der Waals surface area contributed by atoms with Gasteiger partial charge in [0.25, 0.3) is 5.91 Å². The monoisotopic (exact) mass is 337 g/mol. The first-order chi connectivity index (χ1) is 11.4. The van der Waals surface area contributed by atoms with Crippen LogP contribution >= 0.6 is 0 Å². The van der Waals surface area contributed by atoms with Crippen molar-refractivity contribution in [2.24, 2.45) is 22.2 Å². The fourth-order valence-corrected chi connectivity index (χ4v) is 2.24. The molecule has 0 aliphatic carbocycles. The number of carbonyl (C=O) groups excluding carboxylic acids is 1. The molecule has 8 N–H and O–H groups in total. The largest absolute Gasteiger partial charge is 0.383 e. The van der Waals surface area contributed by atoms with E-state index in [0.29, 0.717) is 31.4 Å². The zero-order chi connectivity index (χ0) is 18.1. The fraction of sp³-hybridized carbons (Fsp3) is 0.600. The molecule has 0 fully saturated rings. The van der Waals surface area contributed by atoms with E-state index in [0.717, 1.165) is 23.8 Å². The van der Waals surface area contributed by atoms with Gasteiger partial charge in [0, 0.05) is 18.3 Å². The number of nitrogens with zero attached hydrogens (tertiary/aromatic N) is 3. The van der Waals surface area contributed by atoms with Gasteiger partial charge in [-0.15, -0.1) is 0 Å². The van der Waals surface area contributed by atoms with Gasteiger partial charge in [0.05, 0.1) is 6.04 Å². The van der Waals surface area contributed by atoms with Gasteiger partial charge in [-0.25, -0.2) is 9.36 Å². The van der Waals surface area contributed by atoms with Gasteiger partial charge in [0.2, 0.25) is 0 Å². The van der Waals surface area contributed by atoms with Crippen molar-refractivity contribution in [3.63, 3.8) is 0 Å². The van der Waals surface area contributed by atoms with Crippen LogP contribution in [0, 0.1) is 0 Å². The number of guanidine groups is 1. The number of aromatic nitrogens is 2. The predicted molar refractivity (Wildman–Crippen MR) is 94.7 cm³/mol. The second-order valence-corrected chi connectivity index (χ2v) is 5.65. The molecule has 1 aromatic rings. The highest BCUT2D eigenvalue weighted by molar-refractivity contribution is 5.84. The lowest BCUT2D eigenvalue weighted by atomic mass is 10.1. The first-order valence-corrected chi connectivity index (χ1v) is 8.10. The molecule has 0 aliphatic rings. The lowest BCUT2D eigenvalue weighted by molar-refractivity contribution is 0.0868. The van der Waals surface area contributed by atoms with Gasteiger partial charge in [-0.05, 0) is 25.7 Å². The van der Waals surface area contributed by atoms with E-state index in [4.69, 9.17) is 22.9 Å². The smallest absolute Gasteiger partial charge is 0.356 e. The SMILES string of the molecule is CCCCCc1cn(C(=O)C(N)CCCN=C(N)N)c(=O)nc1N. The Bertz CT molecular complexity index is 635. The Hall–Kier alpha value is -2.42. The molecule has 9 heteroatoms. The van der Waals surface area contributed by atoms with Gasteiger partial charge in [0.15, 0.2) is 5.96 Å². The second kappa shape index (κ2) is 9.66. The summed E-state index contributed by atoms with van der Waals surface area (Å²) in [6.07, 6.45) is 6.03. The van der Waals surface area contributed by atoms with Crippen molar-refractivity contribution in [2.45, 2.75) is 51.5 Å². The van der Waals surface area contributed by atoms with Crippen molar-refractivity contribution < 1.29 is 4.79 Å². The molecule has 24 heavy (non-hydrogen) atoms. The van der Waals surface area contributed by atoms with E-state index in [1.165, 1.54) is 6.20 Å². The summed E-state index contributed by atoms with van der Waals surface area (Å²) in [5.74, 6) is -0.346. The van der Waals surface area contributed by atoms with E-state index in [-0.39, 0.29) is 11.8 Å². The minimum atomic E-state index is -0.828. The molecule has 9 nitrogen and oxygen atoms in total. The van der Waals surface area contributed by atoms with Crippen molar-refractivity contribution in [1.82, 2.24) is 9.55 Å². The third-order valence-corrected chi connectivity index (χ3v) is 3.61. The Morgan fingerprint density at radius 1 is 1.33 bits per heavy atom. The quantitative estimate of drug-likeness (QED) is 0.269. The van der Waals surface area contributed by atoms with Crippen LogP contribution in [0.2, 0.25) is 0 Å².